The standard InChI is InChI=1S/C17H23N3O2/c1-17(13-21)8-5-9-20(12-17)11-16-18-15(19-22-16)10-14-6-3-2-4-7-14/h2-4,6-7,21H,5,8-13H2,1H3. The van der Waals surface area contributed by atoms with Crippen LogP contribution in [0.3, 0.4) is 0 Å². The molecule has 1 aromatic heterocycles. The van der Waals surface area contributed by atoms with Gasteiger partial charge in [0.1, 0.15) is 0 Å². The third-order valence-electron chi connectivity index (χ3n) is 4.32. The zero-order chi connectivity index (χ0) is 15.4. The third-order valence-corrected chi connectivity index (χ3v) is 4.32. The van der Waals surface area contributed by atoms with Crippen LogP contribution in [0.15, 0.2) is 34.9 Å². The van der Waals surface area contributed by atoms with Crippen molar-refractivity contribution in [2.75, 3.05) is 19.7 Å². The zero-order valence-electron chi connectivity index (χ0n) is 13.0. The summed E-state index contributed by atoms with van der Waals surface area (Å²) >= 11 is 0. The molecule has 1 aromatic carbocycles. The van der Waals surface area contributed by atoms with E-state index in [1.807, 2.05) is 18.2 Å². The molecule has 118 valence electrons. The van der Waals surface area contributed by atoms with E-state index < -0.39 is 0 Å². The van der Waals surface area contributed by atoms with Gasteiger partial charge in [0.25, 0.3) is 0 Å². The number of piperidine rings is 1. The van der Waals surface area contributed by atoms with E-state index in [0.29, 0.717) is 18.9 Å². The minimum atomic E-state index is -0.00879. The van der Waals surface area contributed by atoms with Crippen molar-refractivity contribution in [2.45, 2.75) is 32.7 Å². The summed E-state index contributed by atoms with van der Waals surface area (Å²) in [5, 5.41) is 13.6. The van der Waals surface area contributed by atoms with Crippen LogP contribution in [-0.2, 0) is 13.0 Å². The Morgan fingerprint density at radius 1 is 1.32 bits per heavy atom. The monoisotopic (exact) mass is 301 g/mol. The summed E-state index contributed by atoms with van der Waals surface area (Å²) in [7, 11) is 0. The van der Waals surface area contributed by atoms with Gasteiger partial charge >= 0.3 is 0 Å². The van der Waals surface area contributed by atoms with E-state index in [0.717, 1.165) is 31.8 Å². The summed E-state index contributed by atoms with van der Waals surface area (Å²) in [6.45, 7) is 4.92. The third kappa shape index (κ3) is 3.72. The van der Waals surface area contributed by atoms with Gasteiger partial charge in [0.2, 0.25) is 5.89 Å². The second kappa shape index (κ2) is 6.58. The molecule has 2 heterocycles. The average Bonchev–Trinajstić information content (AvgIpc) is 2.95. The first-order chi connectivity index (χ1) is 10.7. The Balaban J connectivity index is 1.60. The van der Waals surface area contributed by atoms with Crippen molar-refractivity contribution in [1.82, 2.24) is 15.0 Å². The quantitative estimate of drug-likeness (QED) is 0.918. The zero-order valence-corrected chi connectivity index (χ0v) is 13.0. The summed E-state index contributed by atoms with van der Waals surface area (Å²) in [4.78, 5) is 6.78. The molecule has 0 spiro atoms. The van der Waals surface area contributed by atoms with E-state index in [2.05, 4.69) is 34.1 Å². The molecule has 22 heavy (non-hydrogen) atoms. The van der Waals surface area contributed by atoms with Crippen molar-refractivity contribution < 1.29 is 9.63 Å². The molecule has 0 aliphatic carbocycles. The number of hydrogen-bond donors (Lipinski definition) is 1. The average molecular weight is 301 g/mol. The first-order valence-corrected chi connectivity index (χ1v) is 7.85. The summed E-state index contributed by atoms with van der Waals surface area (Å²) in [6, 6.07) is 10.2. The Morgan fingerprint density at radius 2 is 2.14 bits per heavy atom. The molecule has 0 amide bonds. The molecule has 5 nitrogen and oxygen atoms in total. The molecule has 0 radical (unpaired) electrons. The van der Waals surface area contributed by atoms with Crippen molar-refractivity contribution in [3.63, 3.8) is 0 Å². The van der Waals surface area contributed by atoms with Gasteiger partial charge in [-0.15, -0.1) is 0 Å². The smallest absolute Gasteiger partial charge is 0.240 e. The number of hydrogen-bond acceptors (Lipinski definition) is 5. The number of aliphatic hydroxyl groups is 1. The molecule has 1 atom stereocenters. The van der Waals surface area contributed by atoms with Crippen LogP contribution in [0, 0.1) is 5.41 Å². The van der Waals surface area contributed by atoms with Crippen LogP contribution in [0.25, 0.3) is 0 Å². The lowest BCUT2D eigenvalue weighted by Gasteiger charge is -2.38. The van der Waals surface area contributed by atoms with Crippen LogP contribution in [0.5, 0.6) is 0 Å². The summed E-state index contributed by atoms with van der Waals surface area (Å²) in [6.07, 6.45) is 2.86. The lowest BCUT2D eigenvalue weighted by Crippen LogP contribution is -2.43. The Morgan fingerprint density at radius 3 is 2.91 bits per heavy atom. The van der Waals surface area contributed by atoms with Crippen LogP contribution in [0.1, 0.15) is 37.0 Å². The van der Waals surface area contributed by atoms with Crippen molar-refractivity contribution in [1.29, 1.82) is 0 Å². The van der Waals surface area contributed by atoms with Crippen molar-refractivity contribution in [3.05, 3.63) is 47.6 Å². The minimum Gasteiger partial charge on any atom is -0.396 e. The Kier molecular flexibility index (Phi) is 4.55. The Bertz CT molecular complexity index is 599. The summed E-state index contributed by atoms with van der Waals surface area (Å²) in [5.74, 6) is 1.39. The molecule has 1 aliphatic heterocycles. The number of likely N-dealkylation sites (tertiary alicyclic amines) is 1. The second-order valence-electron chi connectivity index (χ2n) is 6.55. The first-order valence-electron chi connectivity index (χ1n) is 7.85. The van der Waals surface area contributed by atoms with Gasteiger partial charge in [-0.25, -0.2) is 0 Å². The van der Waals surface area contributed by atoms with E-state index in [4.69, 9.17) is 4.52 Å². The fraction of sp³-hybridized carbons (Fsp3) is 0.529. The van der Waals surface area contributed by atoms with Crippen LogP contribution in [0.2, 0.25) is 0 Å². The molecule has 1 fully saturated rings. The molecule has 1 N–H and O–H groups in total. The normalized spacial score (nSPS) is 22.8. The summed E-state index contributed by atoms with van der Waals surface area (Å²) < 4.78 is 5.38. The molecule has 5 heteroatoms. The van der Waals surface area contributed by atoms with Crippen molar-refractivity contribution in [2.24, 2.45) is 5.41 Å². The van der Waals surface area contributed by atoms with Gasteiger partial charge in [0, 0.05) is 25.0 Å². The van der Waals surface area contributed by atoms with E-state index >= 15 is 0 Å². The highest BCUT2D eigenvalue weighted by Crippen LogP contribution is 2.29. The lowest BCUT2D eigenvalue weighted by atomic mass is 9.83. The SMILES string of the molecule is CC1(CO)CCCN(Cc2nc(Cc3ccccc3)no2)C1. The number of rotatable bonds is 5. The summed E-state index contributed by atoms with van der Waals surface area (Å²) in [5.41, 5.74) is 1.17. The van der Waals surface area contributed by atoms with Gasteiger partial charge in [-0.3, -0.25) is 4.90 Å². The second-order valence-corrected chi connectivity index (χ2v) is 6.55. The molecular weight excluding hydrogens is 278 g/mol. The maximum Gasteiger partial charge on any atom is 0.240 e. The molecule has 3 rings (SSSR count). The van der Waals surface area contributed by atoms with E-state index in [1.165, 1.54) is 5.56 Å². The number of benzene rings is 1. The van der Waals surface area contributed by atoms with Gasteiger partial charge in [-0.05, 0) is 24.9 Å². The van der Waals surface area contributed by atoms with Crippen molar-refractivity contribution >= 4 is 0 Å². The van der Waals surface area contributed by atoms with Crippen molar-refractivity contribution in [3.8, 4) is 0 Å². The van der Waals surface area contributed by atoms with Gasteiger partial charge in [0.15, 0.2) is 5.82 Å². The number of nitrogens with zero attached hydrogens (tertiary/aromatic N) is 3. The van der Waals surface area contributed by atoms with E-state index in [-0.39, 0.29) is 12.0 Å². The van der Waals surface area contributed by atoms with E-state index in [1.54, 1.807) is 0 Å². The molecule has 0 saturated carbocycles. The lowest BCUT2D eigenvalue weighted by molar-refractivity contribution is 0.0382. The Hall–Kier alpha value is -1.72. The van der Waals surface area contributed by atoms with Crippen LogP contribution in [0.4, 0.5) is 0 Å². The minimum absolute atomic E-state index is 0.00879. The van der Waals surface area contributed by atoms with Crippen LogP contribution < -0.4 is 0 Å². The molecule has 1 saturated heterocycles. The fourth-order valence-electron chi connectivity index (χ4n) is 3.09. The maximum absolute atomic E-state index is 9.52. The predicted molar refractivity (Wildman–Crippen MR) is 83.2 cm³/mol. The van der Waals surface area contributed by atoms with Crippen LogP contribution >= 0.6 is 0 Å². The predicted octanol–water partition coefficient (Wildman–Crippen LogP) is 2.25. The highest BCUT2D eigenvalue weighted by atomic mass is 16.5. The first kappa shape index (κ1) is 15.2. The largest absolute Gasteiger partial charge is 0.396 e. The topological polar surface area (TPSA) is 62.4 Å². The molecule has 2 aromatic rings. The van der Waals surface area contributed by atoms with E-state index in [9.17, 15) is 5.11 Å². The van der Waals surface area contributed by atoms with Gasteiger partial charge in [0.05, 0.1) is 6.54 Å². The fourth-order valence-corrected chi connectivity index (χ4v) is 3.09. The van der Waals surface area contributed by atoms with Gasteiger partial charge in [-0.1, -0.05) is 42.4 Å². The maximum atomic E-state index is 9.52. The number of aromatic nitrogens is 2. The van der Waals surface area contributed by atoms with Crippen LogP contribution in [-0.4, -0.2) is 39.8 Å². The molecule has 0 bridgehead atoms. The highest BCUT2D eigenvalue weighted by molar-refractivity contribution is 5.18. The molecule has 1 aliphatic rings. The Labute approximate surface area is 131 Å². The molecular formula is C17H23N3O2. The molecule has 1 unspecified atom stereocenters. The van der Waals surface area contributed by atoms with Gasteiger partial charge in [-0.2, -0.15) is 4.98 Å². The highest BCUT2D eigenvalue weighted by Gasteiger charge is 2.30. The van der Waals surface area contributed by atoms with Gasteiger partial charge < -0.3 is 9.63 Å². The number of aliphatic hydroxyl groups excluding tert-OH is 1.